The van der Waals surface area contributed by atoms with Crippen molar-refractivity contribution < 1.29 is 4.70 Å². The Morgan fingerprint density at radius 3 is 3.07 bits per heavy atom. The molecule has 0 saturated carbocycles. The molecule has 0 amide bonds. The normalized spacial score (nSPS) is 10.8. The van der Waals surface area contributed by atoms with Crippen molar-refractivity contribution in [3.05, 3.63) is 29.3 Å². The van der Waals surface area contributed by atoms with E-state index < -0.39 is 0 Å². The largest absolute Gasteiger partial charge is 0.194 e. The standard InChI is InChI=1S/C9H9ClN4/c1-14(6-5-11)13-12-9-4-2-3-8(10)7-9/h2-4,7H,6H2,1H3/p+1. The molecule has 0 spiro atoms. The minimum atomic E-state index is 0.244. The Morgan fingerprint density at radius 1 is 1.64 bits per heavy atom. The van der Waals surface area contributed by atoms with Crippen molar-refractivity contribution in [1.82, 2.24) is 0 Å². The first-order chi connectivity index (χ1) is 6.72. The molecule has 0 aliphatic carbocycles. The van der Waals surface area contributed by atoms with Crippen molar-refractivity contribution in [3.8, 4) is 6.07 Å². The molecule has 1 N–H and O–H groups in total. The lowest BCUT2D eigenvalue weighted by Crippen LogP contribution is -2.05. The van der Waals surface area contributed by atoms with Crippen LogP contribution in [0.5, 0.6) is 0 Å². The molecular formula is C9H10ClN4+. The maximum Gasteiger partial charge on any atom is 0.192 e. The van der Waals surface area contributed by atoms with E-state index in [2.05, 4.69) is 10.6 Å². The van der Waals surface area contributed by atoms with Crippen molar-refractivity contribution >= 4 is 17.3 Å². The van der Waals surface area contributed by atoms with Gasteiger partial charge in [0.2, 0.25) is 0 Å². The second-order valence-corrected chi connectivity index (χ2v) is 3.13. The molecule has 0 unspecified atom stereocenters. The van der Waals surface area contributed by atoms with Crippen LogP contribution in [0, 0.1) is 11.3 Å². The molecule has 1 rings (SSSR count). The van der Waals surface area contributed by atoms with E-state index in [-0.39, 0.29) is 6.54 Å². The van der Waals surface area contributed by atoms with Gasteiger partial charge < -0.3 is 0 Å². The number of nitrogens with zero attached hydrogens (tertiary/aromatic N) is 3. The summed E-state index contributed by atoms with van der Waals surface area (Å²) in [6.07, 6.45) is 0. The summed E-state index contributed by atoms with van der Waals surface area (Å²) in [4.78, 5) is 0. The van der Waals surface area contributed by atoms with Crippen molar-refractivity contribution in [2.45, 2.75) is 0 Å². The van der Waals surface area contributed by atoms with E-state index in [1.807, 2.05) is 18.2 Å². The summed E-state index contributed by atoms with van der Waals surface area (Å²) in [5, 5.41) is 13.0. The number of nitriles is 1. The van der Waals surface area contributed by atoms with Crippen LogP contribution >= 0.6 is 11.6 Å². The van der Waals surface area contributed by atoms with E-state index in [0.29, 0.717) is 5.02 Å². The lowest BCUT2D eigenvalue weighted by molar-refractivity contribution is -0.553. The number of hydrogen-bond acceptors (Lipinski definition) is 2. The Bertz CT molecular complexity index is 381. The minimum Gasteiger partial charge on any atom is -0.194 e. The minimum absolute atomic E-state index is 0.244. The third-order valence-electron chi connectivity index (χ3n) is 1.47. The Labute approximate surface area is 87.4 Å². The van der Waals surface area contributed by atoms with Crippen molar-refractivity contribution in [2.24, 2.45) is 5.22 Å². The van der Waals surface area contributed by atoms with E-state index in [1.54, 1.807) is 19.2 Å². The van der Waals surface area contributed by atoms with Gasteiger partial charge in [0.15, 0.2) is 6.54 Å². The molecule has 0 atom stereocenters. The zero-order valence-electron chi connectivity index (χ0n) is 7.74. The Morgan fingerprint density at radius 2 is 2.43 bits per heavy atom. The second-order valence-electron chi connectivity index (χ2n) is 2.70. The van der Waals surface area contributed by atoms with Crippen LogP contribution in [-0.2, 0) is 0 Å². The lowest BCUT2D eigenvalue weighted by atomic mass is 10.3. The zero-order chi connectivity index (χ0) is 10.4. The van der Waals surface area contributed by atoms with E-state index in [9.17, 15) is 0 Å². The molecular weight excluding hydrogens is 200 g/mol. The monoisotopic (exact) mass is 209 g/mol. The molecule has 0 aromatic heterocycles. The first-order valence-electron chi connectivity index (χ1n) is 4.02. The fourth-order valence-electron chi connectivity index (χ4n) is 0.839. The van der Waals surface area contributed by atoms with Crippen LogP contribution in [0.25, 0.3) is 0 Å². The zero-order valence-corrected chi connectivity index (χ0v) is 8.49. The van der Waals surface area contributed by atoms with Gasteiger partial charge in [0.1, 0.15) is 11.8 Å². The summed E-state index contributed by atoms with van der Waals surface area (Å²) >= 11 is 5.77. The van der Waals surface area contributed by atoms with E-state index >= 15 is 0 Å². The van der Waals surface area contributed by atoms with Gasteiger partial charge in [-0.05, 0) is 12.1 Å². The van der Waals surface area contributed by atoms with Crippen molar-refractivity contribution in [1.29, 1.82) is 5.26 Å². The molecule has 1 aromatic carbocycles. The average Bonchev–Trinajstić information content (AvgIpc) is 2.15. The summed E-state index contributed by atoms with van der Waals surface area (Å²) in [6, 6.07) is 9.19. The van der Waals surface area contributed by atoms with Crippen LogP contribution in [0.3, 0.4) is 0 Å². The summed E-state index contributed by atoms with van der Waals surface area (Å²) in [5.74, 6) is 0. The Hall–Kier alpha value is -1.60. The van der Waals surface area contributed by atoms with E-state index in [4.69, 9.17) is 16.9 Å². The van der Waals surface area contributed by atoms with Gasteiger partial charge in [-0.3, -0.25) is 0 Å². The average molecular weight is 210 g/mol. The summed E-state index contributed by atoms with van der Waals surface area (Å²) < 4.78 is 1.50. The smallest absolute Gasteiger partial charge is 0.192 e. The molecule has 0 saturated heterocycles. The SMILES string of the molecule is C[N+](CC#N)=NNc1cccc(Cl)c1. The molecule has 72 valence electrons. The molecule has 0 aliphatic rings. The summed E-state index contributed by atoms with van der Waals surface area (Å²) in [5.41, 5.74) is 3.58. The van der Waals surface area contributed by atoms with Gasteiger partial charge in [-0.25, -0.2) is 0 Å². The molecule has 0 heterocycles. The number of rotatable bonds is 3. The fourth-order valence-corrected chi connectivity index (χ4v) is 1.03. The van der Waals surface area contributed by atoms with Crippen LogP contribution in [-0.4, -0.2) is 18.3 Å². The van der Waals surface area contributed by atoms with Gasteiger partial charge >= 0.3 is 0 Å². The lowest BCUT2D eigenvalue weighted by Gasteiger charge is -1.94. The van der Waals surface area contributed by atoms with Crippen LogP contribution in [0.1, 0.15) is 0 Å². The third kappa shape index (κ3) is 3.42. The molecule has 14 heavy (non-hydrogen) atoms. The van der Waals surface area contributed by atoms with Gasteiger partial charge in [-0.15, -0.1) is 5.43 Å². The van der Waals surface area contributed by atoms with Gasteiger partial charge in [-0.2, -0.15) is 9.96 Å². The summed E-state index contributed by atoms with van der Waals surface area (Å²) in [6.45, 7) is 0.244. The molecule has 1 aromatic rings. The third-order valence-corrected chi connectivity index (χ3v) is 1.71. The van der Waals surface area contributed by atoms with Gasteiger partial charge in [0.25, 0.3) is 0 Å². The van der Waals surface area contributed by atoms with Gasteiger partial charge in [-0.1, -0.05) is 17.7 Å². The highest BCUT2D eigenvalue weighted by molar-refractivity contribution is 6.30. The molecule has 0 aliphatic heterocycles. The summed E-state index contributed by atoms with van der Waals surface area (Å²) in [7, 11) is 1.71. The Kier molecular flexibility index (Phi) is 3.89. The number of halogens is 1. The number of benzene rings is 1. The molecule has 0 radical (unpaired) electrons. The molecule has 4 nitrogen and oxygen atoms in total. The first kappa shape index (κ1) is 10.5. The molecule has 0 bridgehead atoms. The maximum atomic E-state index is 8.38. The highest BCUT2D eigenvalue weighted by atomic mass is 35.5. The van der Waals surface area contributed by atoms with Crippen molar-refractivity contribution in [2.75, 3.05) is 19.0 Å². The predicted octanol–water partition coefficient (Wildman–Crippen LogP) is 2.28. The predicted molar refractivity (Wildman–Crippen MR) is 54.2 cm³/mol. The quantitative estimate of drug-likeness (QED) is 0.359. The van der Waals surface area contributed by atoms with Gasteiger partial charge in [0.05, 0.1) is 12.3 Å². The topological polar surface area (TPSA) is 51.2 Å². The maximum absolute atomic E-state index is 8.38. The molecule has 5 heteroatoms. The van der Waals surface area contributed by atoms with Crippen LogP contribution in [0.2, 0.25) is 5.02 Å². The van der Waals surface area contributed by atoms with Crippen LogP contribution in [0.15, 0.2) is 29.5 Å². The van der Waals surface area contributed by atoms with Gasteiger partial charge in [0, 0.05) is 11.1 Å². The van der Waals surface area contributed by atoms with Crippen molar-refractivity contribution in [3.63, 3.8) is 0 Å². The molecule has 0 fully saturated rings. The van der Waals surface area contributed by atoms with E-state index in [1.165, 1.54) is 4.70 Å². The second kappa shape index (κ2) is 5.20. The fraction of sp³-hybridized carbons (Fsp3) is 0.222. The van der Waals surface area contributed by atoms with Crippen LogP contribution in [0.4, 0.5) is 5.69 Å². The first-order valence-corrected chi connectivity index (χ1v) is 4.40. The number of nitrogens with one attached hydrogen (secondary N) is 1. The van der Waals surface area contributed by atoms with E-state index in [0.717, 1.165) is 5.69 Å². The Balaban J connectivity index is 2.62. The number of hydrogen-bond donors (Lipinski definition) is 1. The van der Waals surface area contributed by atoms with Crippen LogP contribution < -0.4 is 5.43 Å². The highest BCUT2D eigenvalue weighted by Crippen LogP contribution is 2.14. The number of anilines is 1. The highest BCUT2D eigenvalue weighted by Gasteiger charge is 1.97.